The quantitative estimate of drug-likeness (QED) is 0.694. The van der Waals surface area contributed by atoms with E-state index in [-0.39, 0.29) is 22.3 Å². The Hall–Kier alpha value is -1.73. The van der Waals surface area contributed by atoms with Gasteiger partial charge in [-0.3, -0.25) is 10.1 Å². The third kappa shape index (κ3) is 2.03. The summed E-state index contributed by atoms with van der Waals surface area (Å²) in [5.41, 5.74) is 2.33. The summed E-state index contributed by atoms with van der Waals surface area (Å²) in [5, 5.41) is 14.7. The molecule has 2 atom stereocenters. The minimum absolute atomic E-state index is 0.00762. The van der Waals surface area contributed by atoms with Gasteiger partial charge in [-0.15, -0.1) is 11.3 Å². The average molecular weight is 293 g/mol. The molecule has 20 heavy (non-hydrogen) atoms. The van der Waals surface area contributed by atoms with E-state index in [4.69, 9.17) is 4.74 Å². The van der Waals surface area contributed by atoms with Gasteiger partial charge in [0.05, 0.1) is 26.8 Å². The van der Waals surface area contributed by atoms with Crippen molar-refractivity contribution >= 4 is 32.9 Å². The molecule has 1 aliphatic heterocycles. The van der Waals surface area contributed by atoms with Crippen molar-refractivity contribution in [3.8, 4) is 0 Å². The van der Waals surface area contributed by atoms with Gasteiger partial charge in [-0.2, -0.15) is 0 Å². The van der Waals surface area contributed by atoms with Crippen LogP contribution >= 0.6 is 11.3 Å². The van der Waals surface area contributed by atoms with Gasteiger partial charge in [0.15, 0.2) is 5.52 Å². The molecule has 106 valence electrons. The fourth-order valence-corrected chi connectivity index (χ4v) is 3.19. The van der Waals surface area contributed by atoms with Crippen molar-refractivity contribution in [1.82, 2.24) is 4.98 Å². The fourth-order valence-electron chi connectivity index (χ4n) is 2.51. The summed E-state index contributed by atoms with van der Waals surface area (Å²) in [4.78, 5) is 15.1. The van der Waals surface area contributed by atoms with Crippen LogP contribution in [0.4, 0.5) is 11.4 Å². The first-order chi connectivity index (χ1) is 9.51. The van der Waals surface area contributed by atoms with Crippen molar-refractivity contribution in [2.45, 2.75) is 31.9 Å². The number of nitrogens with one attached hydrogen (secondary N) is 1. The molecule has 0 aliphatic carbocycles. The number of fused-ring (bicyclic) bond motifs is 1. The van der Waals surface area contributed by atoms with Gasteiger partial charge in [0.2, 0.25) is 0 Å². The van der Waals surface area contributed by atoms with E-state index < -0.39 is 0 Å². The van der Waals surface area contributed by atoms with Crippen LogP contribution in [0.15, 0.2) is 17.6 Å². The number of nitrogens with zero attached hydrogens (tertiary/aromatic N) is 2. The van der Waals surface area contributed by atoms with Crippen LogP contribution < -0.4 is 5.32 Å². The van der Waals surface area contributed by atoms with Crippen LogP contribution in [0.5, 0.6) is 0 Å². The lowest BCUT2D eigenvalue weighted by molar-refractivity contribution is -0.382. The van der Waals surface area contributed by atoms with Crippen molar-refractivity contribution in [2.75, 3.05) is 11.9 Å². The Morgan fingerprint density at radius 2 is 2.40 bits per heavy atom. The highest BCUT2D eigenvalue weighted by atomic mass is 32.1. The molecule has 2 aromatic rings. The average Bonchev–Trinajstić information content (AvgIpc) is 2.97. The van der Waals surface area contributed by atoms with Gasteiger partial charge in [0.1, 0.15) is 5.69 Å². The summed E-state index contributed by atoms with van der Waals surface area (Å²) < 4.78 is 6.39. The molecule has 3 rings (SSSR count). The maximum atomic E-state index is 11.4. The first-order valence-electron chi connectivity index (χ1n) is 6.42. The van der Waals surface area contributed by atoms with Gasteiger partial charge in [-0.1, -0.05) is 0 Å². The van der Waals surface area contributed by atoms with E-state index in [9.17, 15) is 10.1 Å². The van der Waals surface area contributed by atoms with Gasteiger partial charge in [-0.05, 0) is 32.4 Å². The van der Waals surface area contributed by atoms with Crippen LogP contribution in [0.2, 0.25) is 0 Å². The molecule has 0 saturated carbocycles. The van der Waals surface area contributed by atoms with Gasteiger partial charge in [0.25, 0.3) is 0 Å². The number of aromatic nitrogens is 1. The number of nitro benzene ring substituents is 1. The molecular formula is C13H15N3O3S. The lowest BCUT2D eigenvalue weighted by Gasteiger charge is -2.29. The highest BCUT2D eigenvalue weighted by molar-refractivity contribution is 7.16. The zero-order valence-corrected chi connectivity index (χ0v) is 12.1. The molecule has 2 unspecified atom stereocenters. The zero-order valence-electron chi connectivity index (χ0n) is 11.3. The summed E-state index contributed by atoms with van der Waals surface area (Å²) in [7, 11) is 0. The molecule has 6 nitrogen and oxygen atoms in total. The number of hydrogen-bond acceptors (Lipinski definition) is 6. The second-order valence-electron chi connectivity index (χ2n) is 5.22. The number of nitro groups is 1. The minimum atomic E-state index is -0.367. The van der Waals surface area contributed by atoms with Crippen LogP contribution in [0.1, 0.15) is 20.3 Å². The Bertz CT molecular complexity index is 672. The molecule has 0 bridgehead atoms. The maximum absolute atomic E-state index is 11.4. The monoisotopic (exact) mass is 293 g/mol. The van der Waals surface area contributed by atoms with E-state index in [0.717, 1.165) is 11.1 Å². The Balaban J connectivity index is 2.07. The summed E-state index contributed by atoms with van der Waals surface area (Å²) in [6.07, 6.45) is 0.827. The van der Waals surface area contributed by atoms with E-state index >= 15 is 0 Å². The molecule has 1 fully saturated rings. The highest BCUT2D eigenvalue weighted by Gasteiger charge is 2.38. The summed E-state index contributed by atoms with van der Waals surface area (Å²) >= 11 is 1.40. The largest absolute Gasteiger partial charge is 0.376 e. The summed E-state index contributed by atoms with van der Waals surface area (Å²) in [6, 6.07) is 3.63. The Labute approximate surface area is 119 Å². The molecule has 1 N–H and O–H groups in total. The standard InChI is InChI=1S/C13H15N3O3S/c1-8-13(2,5-6-19-8)15-9-3-4-10-11(14-7-20-10)12(9)16(17)18/h3-4,7-8,15H,5-6H2,1-2H3. The van der Waals surface area contributed by atoms with E-state index in [1.54, 1.807) is 11.6 Å². The van der Waals surface area contributed by atoms with Crippen molar-refractivity contribution in [1.29, 1.82) is 0 Å². The van der Waals surface area contributed by atoms with Crippen molar-refractivity contribution in [2.24, 2.45) is 0 Å². The van der Waals surface area contributed by atoms with Crippen molar-refractivity contribution < 1.29 is 9.66 Å². The van der Waals surface area contributed by atoms with Crippen LogP contribution in [-0.4, -0.2) is 28.2 Å². The minimum Gasteiger partial charge on any atom is -0.376 e. The number of hydrogen-bond donors (Lipinski definition) is 1. The van der Waals surface area contributed by atoms with E-state index in [1.807, 2.05) is 19.9 Å². The topological polar surface area (TPSA) is 77.3 Å². The predicted octanol–water partition coefficient (Wildman–Crippen LogP) is 3.18. The highest BCUT2D eigenvalue weighted by Crippen LogP contribution is 2.38. The van der Waals surface area contributed by atoms with Crippen LogP contribution in [0.3, 0.4) is 0 Å². The molecule has 1 saturated heterocycles. The van der Waals surface area contributed by atoms with Crippen molar-refractivity contribution in [3.05, 3.63) is 27.8 Å². The van der Waals surface area contributed by atoms with Gasteiger partial charge in [0, 0.05) is 6.61 Å². The van der Waals surface area contributed by atoms with E-state index in [0.29, 0.717) is 17.8 Å². The lowest BCUT2D eigenvalue weighted by Crippen LogP contribution is -2.41. The predicted molar refractivity (Wildman–Crippen MR) is 78.3 cm³/mol. The zero-order chi connectivity index (χ0) is 14.3. The fraction of sp³-hybridized carbons (Fsp3) is 0.462. The second kappa shape index (κ2) is 4.68. The maximum Gasteiger partial charge on any atom is 0.319 e. The molecule has 0 spiro atoms. The molecule has 1 aromatic carbocycles. The first kappa shape index (κ1) is 13.3. The molecule has 1 aromatic heterocycles. The van der Waals surface area contributed by atoms with E-state index in [2.05, 4.69) is 10.3 Å². The normalized spacial score (nSPS) is 26.0. The first-order valence-corrected chi connectivity index (χ1v) is 7.29. The van der Waals surface area contributed by atoms with Crippen molar-refractivity contribution in [3.63, 3.8) is 0 Å². The Morgan fingerprint density at radius 3 is 3.05 bits per heavy atom. The Kier molecular flexibility index (Phi) is 3.10. The van der Waals surface area contributed by atoms with Crippen LogP contribution in [-0.2, 0) is 4.74 Å². The Morgan fingerprint density at radius 1 is 1.60 bits per heavy atom. The van der Waals surface area contributed by atoms with Gasteiger partial charge < -0.3 is 10.1 Å². The van der Waals surface area contributed by atoms with Crippen LogP contribution in [0.25, 0.3) is 10.2 Å². The smallest absolute Gasteiger partial charge is 0.319 e. The second-order valence-corrected chi connectivity index (χ2v) is 6.11. The van der Waals surface area contributed by atoms with Gasteiger partial charge >= 0.3 is 5.69 Å². The van der Waals surface area contributed by atoms with Gasteiger partial charge in [-0.25, -0.2) is 4.98 Å². The molecule has 0 amide bonds. The summed E-state index contributed by atoms with van der Waals surface area (Å²) in [5.74, 6) is 0. The number of rotatable bonds is 3. The lowest BCUT2D eigenvalue weighted by atomic mass is 9.94. The molecule has 1 aliphatic rings. The molecule has 0 radical (unpaired) electrons. The molecular weight excluding hydrogens is 278 g/mol. The molecule has 7 heteroatoms. The summed E-state index contributed by atoms with van der Waals surface area (Å²) in [6.45, 7) is 4.67. The van der Waals surface area contributed by atoms with Crippen LogP contribution in [0, 0.1) is 10.1 Å². The SMILES string of the molecule is CC1OCCC1(C)Nc1ccc2scnc2c1[N+](=O)[O-]. The third-order valence-electron chi connectivity index (χ3n) is 3.96. The number of ether oxygens (including phenoxy) is 1. The number of anilines is 1. The number of thiazole rings is 1. The number of benzene rings is 1. The van der Waals surface area contributed by atoms with E-state index in [1.165, 1.54) is 11.3 Å². The molecule has 2 heterocycles. The third-order valence-corrected chi connectivity index (χ3v) is 4.76.